The molecule has 3 aromatic heterocycles. The number of hydrogen-bond donors (Lipinski definition) is 1. The summed E-state index contributed by atoms with van der Waals surface area (Å²) < 4.78 is 15.6. The number of carbonyl (C=O) groups excluding carboxylic acids is 1. The van der Waals surface area contributed by atoms with Crippen LogP contribution >= 0.6 is 0 Å². The second-order valence-corrected chi connectivity index (χ2v) is 6.74. The van der Waals surface area contributed by atoms with Crippen molar-refractivity contribution in [2.24, 2.45) is 5.92 Å². The summed E-state index contributed by atoms with van der Waals surface area (Å²) in [6.07, 6.45) is 7.50. The van der Waals surface area contributed by atoms with Gasteiger partial charge in [-0.15, -0.1) is 0 Å². The third kappa shape index (κ3) is 3.10. The monoisotopic (exact) mass is 354 g/mol. The SMILES string of the molecule is Cc1cn2cc(NC(=O)c3cnc(N4CC[C@H](C)C4)cn3)cc(F)c2n1. The number of nitrogens with one attached hydrogen (secondary N) is 1. The molecule has 0 bridgehead atoms. The van der Waals surface area contributed by atoms with Crippen LogP contribution in [0.15, 0.2) is 30.9 Å². The number of fused-ring (bicyclic) bond motifs is 1. The Morgan fingerprint density at radius 2 is 2.15 bits per heavy atom. The molecule has 0 radical (unpaired) electrons. The van der Waals surface area contributed by atoms with Gasteiger partial charge < -0.3 is 14.6 Å². The van der Waals surface area contributed by atoms with E-state index in [1.807, 2.05) is 0 Å². The molecule has 4 rings (SSSR count). The Kier molecular flexibility index (Phi) is 4.02. The summed E-state index contributed by atoms with van der Waals surface area (Å²) in [7, 11) is 0. The van der Waals surface area contributed by atoms with Crippen molar-refractivity contribution in [3.63, 3.8) is 0 Å². The maximum absolute atomic E-state index is 14.1. The molecule has 1 fully saturated rings. The first-order valence-corrected chi connectivity index (χ1v) is 8.53. The molecule has 0 aliphatic carbocycles. The van der Waals surface area contributed by atoms with Crippen LogP contribution in [0.5, 0.6) is 0 Å². The summed E-state index contributed by atoms with van der Waals surface area (Å²) in [5, 5.41) is 2.65. The minimum Gasteiger partial charge on any atom is -0.355 e. The van der Waals surface area contributed by atoms with Crippen molar-refractivity contribution in [2.45, 2.75) is 20.3 Å². The van der Waals surface area contributed by atoms with E-state index in [2.05, 4.69) is 32.1 Å². The Labute approximate surface area is 149 Å². The zero-order valence-electron chi connectivity index (χ0n) is 14.6. The lowest BCUT2D eigenvalue weighted by atomic mass is 10.2. The Morgan fingerprint density at radius 1 is 1.31 bits per heavy atom. The van der Waals surface area contributed by atoms with Crippen molar-refractivity contribution < 1.29 is 9.18 Å². The van der Waals surface area contributed by atoms with Gasteiger partial charge >= 0.3 is 0 Å². The quantitative estimate of drug-likeness (QED) is 0.783. The fourth-order valence-electron chi connectivity index (χ4n) is 3.19. The molecule has 1 atom stereocenters. The largest absolute Gasteiger partial charge is 0.355 e. The Balaban J connectivity index is 1.51. The number of pyridine rings is 1. The first-order valence-electron chi connectivity index (χ1n) is 8.53. The molecule has 134 valence electrons. The second kappa shape index (κ2) is 6.36. The van der Waals surface area contributed by atoms with Crippen molar-refractivity contribution in [3.8, 4) is 0 Å². The number of carbonyl (C=O) groups is 1. The maximum atomic E-state index is 14.1. The number of halogens is 1. The molecule has 3 aromatic rings. The molecule has 0 unspecified atom stereocenters. The first kappa shape index (κ1) is 16.4. The van der Waals surface area contributed by atoms with Gasteiger partial charge in [0.05, 0.1) is 23.8 Å². The van der Waals surface area contributed by atoms with E-state index in [9.17, 15) is 9.18 Å². The van der Waals surface area contributed by atoms with Crippen LogP contribution < -0.4 is 10.2 Å². The maximum Gasteiger partial charge on any atom is 0.275 e. The molecule has 1 aliphatic rings. The Bertz CT molecular complexity index is 968. The molecule has 0 saturated carbocycles. The van der Waals surface area contributed by atoms with Gasteiger partial charge in [0.1, 0.15) is 11.5 Å². The van der Waals surface area contributed by atoms with Crippen LogP contribution in [0, 0.1) is 18.7 Å². The fourth-order valence-corrected chi connectivity index (χ4v) is 3.19. The molecule has 7 nitrogen and oxygen atoms in total. The molecule has 0 aromatic carbocycles. The van der Waals surface area contributed by atoms with E-state index in [1.54, 1.807) is 29.9 Å². The van der Waals surface area contributed by atoms with E-state index in [4.69, 9.17) is 0 Å². The summed E-state index contributed by atoms with van der Waals surface area (Å²) >= 11 is 0. The van der Waals surface area contributed by atoms with Crippen LogP contribution in [0.3, 0.4) is 0 Å². The van der Waals surface area contributed by atoms with Gasteiger partial charge in [0.15, 0.2) is 11.5 Å². The van der Waals surface area contributed by atoms with E-state index in [1.165, 1.54) is 12.3 Å². The number of rotatable bonds is 3. The lowest BCUT2D eigenvalue weighted by Gasteiger charge is -2.16. The zero-order chi connectivity index (χ0) is 18.3. The van der Waals surface area contributed by atoms with Crippen LogP contribution in [0.2, 0.25) is 0 Å². The van der Waals surface area contributed by atoms with Crippen molar-refractivity contribution in [2.75, 3.05) is 23.3 Å². The average Bonchev–Trinajstić information content (AvgIpc) is 3.20. The third-order valence-electron chi connectivity index (χ3n) is 4.50. The standard InChI is InChI=1S/C18H19FN6O/c1-11-3-4-24(8-11)16-7-20-15(6-21-16)18(26)23-13-5-14(19)17-22-12(2)9-25(17)10-13/h5-7,9-11H,3-4,8H2,1-2H3,(H,23,26)/t11-/m0/s1. The van der Waals surface area contributed by atoms with Crippen LogP contribution in [0.4, 0.5) is 15.9 Å². The molecule has 1 amide bonds. The van der Waals surface area contributed by atoms with Crippen LogP contribution in [0.1, 0.15) is 29.5 Å². The predicted octanol–water partition coefficient (Wildman–Crippen LogP) is 2.67. The van der Waals surface area contributed by atoms with Crippen LogP contribution in [-0.4, -0.2) is 38.3 Å². The summed E-state index contributed by atoms with van der Waals surface area (Å²) in [5.41, 5.74) is 1.44. The second-order valence-electron chi connectivity index (χ2n) is 6.74. The summed E-state index contributed by atoms with van der Waals surface area (Å²) in [6, 6.07) is 1.24. The van der Waals surface area contributed by atoms with Gasteiger partial charge in [0.25, 0.3) is 5.91 Å². The number of anilines is 2. The van der Waals surface area contributed by atoms with Crippen molar-refractivity contribution in [1.29, 1.82) is 0 Å². The Hall–Kier alpha value is -3.03. The molecule has 1 N–H and O–H groups in total. The summed E-state index contributed by atoms with van der Waals surface area (Å²) in [6.45, 7) is 5.88. The third-order valence-corrected chi connectivity index (χ3v) is 4.50. The number of nitrogens with zero attached hydrogens (tertiary/aromatic N) is 5. The molecule has 1 saturated heterocycles. The molecule has 8 heteroatoms. The minimum absolute atomic E-state index is 0.184. The fraction of sp³-hybridized carbons (Fsp3) is 0.333. The van der Waals surface area contributed by atoms with Crippen LogP contribution in [-0.2, 0) is 0 Å². The van der Waals surface area contributed by atoms with Gasteiger partial charge in [0.2, 0.25) is 0 Å². The molecule has 1 aliphatic heterocycles. The summed E-state index contributed by atoms with van der Waals surface area (Å²) in [4.78, 5) is 27.2. The van der Waals surface area contributed by atoms with Gasteiger partial charge in [-0.05, 0) is 19.3 Å². The predicted molar refractivity (Wildman–Crippen MR) is 95.9 cm³/mol. The van der Waals surface area contributed by atoms with Gasteiger partial charge in [-0.25, -0.2) is 19.3 Å². The molecule has 4 heterocycles. The Morgan fingerprint density at radius 3 is 2.85 bits per heavy atom. The summed E-state index contributed by atoms with van der Waals surface area (Å²) in [5.74, 6) is 0.471. The van der Waals surface area contributed by atoms with Gasteiger partial charge in [0, 0.05) is 31.5 Å². The van der Waals surface area contributed by atoms with E-state index in [-0.39, 0.29) is 11.3 Å². The number of imidazole rings is 1. The molecule has 0 spiro atoms. The van der Waals surface area contributed by atoms with Crippen molar-refractivity contribution in [3.05, 3.63) is 48.1 Å². The van der Waals surface area contributed by atoms with Gasteiger partial charge in [-0.3, -0.25) is 4.79 Å². The number of aromatic nitrogens is 4. The molecular formula is C18H19FN6O. The number of amides is 1. The number of aryl methyl sites for hydroxylation is 1. The highest BCUT2D eigenvalue weighted by atomic mass is 19.1. The molecule has 26 heavy (non-hydrogen) atoms. The highest BCUT2D eigenvalue weighted by Crippen LogP contribution is 2.21. The van der Waals surface area contributed by atoms with E-state index in [0.717, 1.165) is 25.3 Å². The molecular weight excluding hydrogens is 335 g/mol. The van der Waals surface area contributed by atoms with Crippen molar-refractivity contribution in [1.82, 2.24) is 19.4 Å². The number of hydrogen-bond acceptors (Lipinski definition) is 5. The highest BCUT2D eigenvalue weighted by molar-refractivity contribution is 6.02. The average molecular weight is 354 g/mol. The smallest absolute Gasteiger partial charge is 0.275 e. The zero-order valence-corrected chi connectivity index (χ0v) is 14.6. The van der Waals surface area contributed by atoms with E-state index in [0.29, 0.717) is 17.3 Å². The lowest BCUT2D eigenvalue weighted by Crippen LogP contribution is -2.21. The van der Waals surface area contributed by atoms with E-state index < -0.39 is 11.7 Å². The minimum atomic E-state index is -0.500. The first-order chi connectivity index (χ1) is 12.5. The van der Waals surface area contributed by atoms with Gasteiger partial charge in [-0.2, -0.15) is 0 Å². The van der Waals surface area contributed by atoms with Crippen molar-refractivity contribution >= 4 is 23.1 Å². The lowest BCUT2D eigenvalue weighted by molar-refractivity contribution is 0.102. The topological polar surface area (TPSA) is 75.4 Å². The normalized spacial score (nSPS) is 17.0. The van der Waals surface area contributed by atoms with Gasteiger partial charge in [-0.1, -0.05) is 6.92 Å². The highest BCUT2D eigenvalue weighted by Gasteiger charge is 2.20. The van der Waals surface area contributed by atoms with Crippen LogP contribution in [0.25, 0.3) is 5.65 Å². The van der Waals surface area contributed by atoms with E-state index >= 15 is 0 Å².